The van der Waals surface area contributed by atoms with E-state index in [0.717, 1.165) is 15.4 Å². The average Bonchev–Trinajstić information content (AvgIpc) is 3.00. The Kier molecular flexibility index (Phi) is 9.50. The third-order valence-electron chi connectivity index (χ3n) is 6.06. The van der Waals surface area contributed by atoms with Gasteiger partial charge in [0.25, 0.3) is 21.6 Å². The Morgan fingerprint density at radius 1 is 1.00 bits per heavy atom. The smallest absolute Gasteiger partial charge is 0.269 e. The van der Waals surface area contributed by atoms with Crippen molar-refractivity contribution in [1.82, 2.24) is 5.43 Å². The molecule has 0 atom stereocenters. The molecule has 0 radical (unpaired) electrons. The van der Waals surface area contributed by atoms with E-state index in [2.05, 4.69) is 10.5 Å². The molecule has 1 N–H and O–H groups in total. The zero-order valence-electron chi connectivity index (χ0n) is 22.8. The number of carbonyl (C=O) groups is 1. The first-order valence-electron chi connectivity index (χ1n) is 12.7. The largest absolute Gasteiger partial charge is 0.495 e. The number of methoxy groups -OCH3 is 1. The van der Waals surface area contributed by atoms with Gasteiger partial charge in [0, 0.05) is 12.1 Å². The van der Waals surface area contributed by atoms with Crippen LogP contribution in [0.4, 0.5) is 11.4 Å². The summed E-state index contributed by atoms with van der Waals surface area (Å²) in [6.45, 7) is 1.51. The molecule has 4 rings (SSSR count). The summed E-state index contributed by atoms with van der Waals surface area (Å²) < 4.78 is 39.3. The molecule has 216 valence electrons. The van der Waals surface area contributed by atoms with Crippen molar-refractivity contribution in [3.05, 3.63) is 124 Å². The maximum absolute atomic E-state index is 13.6. The molecular formula is C30H28N4O7S. The van der Waals surface area contributed by atoms with Crippen molar-refractivity contribution in [2.24, 2.45) is 5.10 Å². The molecule has 42 heavy (non-hydrogen) atoms. The van der Waals surface area contributed by atoms with Crippen molar-refractivity contribution < 1.29 is 27.6 Å². The Morgan fingerprint density at radius 3 is 2.33 bits per heavy atom. The van der Waals surface area contributed by atoms with Crippen LogP contribution in [-0.2, 0) is 21.4 Å². The van der Waals surface area contributed by atoms with Crippen molar-refractivity contribution in [3.8, 4) is 11.5 Å². The molecule has 0 aliphatic carbocycles. The molecule has 0 spiro atoms. The summed E-state index contributed by atoms with van der Waals surface area (Å²) in [6, 6.07) is 25.9. The molecule has 0 fully saturated rings. The van der Waals surface area contributed by atoms with Crippen molar-refractivity contribution >= 4 is 33.5 Å². The van der Waals surface area contributed by atoms with Crippen LogP contribution in [0.15, 0.2) is 107 Å². The van der Waals surface area contributed by atoms with Crippen LogP contribution < -0.4 is 19.2 Å². The Morgan fingerprint density at radius 2 is 1.69 bits per heavy atom. The zero-order chi connectivity index (χ0) is 30.1. The van der Waals surface area contributed by atoms with Crippen molar-refractivity contribution in [1.29, 1.82) is 0 Å². The number of benzene rings is 4. The monoisotopic (exact) mass is 588 g/mol. The number of hydrogen-bond donors (Lipinski definition) is 1. The molecule has 0 heterocycles. The van der Waals surface area contributed by atoms with Gasteiger partial charge in [0.2, 0.25) is 0 Å². The molecule has 0 saturated heterocycles. The molecule has 0 saturated carbocycles. The van der Waals surface area contributed by atoms with E-state index in [1.54, 1.807) is 72.8 Å². The number of non-ortho nitro benzene ring substituents is 1. The number of nitrogens with one attached hydrogen (secondary N) is 1. The van der Waals surface area contributed by atoms with Crippen LogP contribution >= 0.6 is 0 Å². The van der Waals surface area contributed by atoms with Gasteiger partial charge in [-0.05, 0) is 84.3 Å². The lowest BCUT2D eigenvalue weighted by molar-refractivity contribution is -0.384. The van der Waals surface area contributed by atoms with Crippen LogP contribution in [0.25, 0.3) is 0 Å². The minimum absolute atomic E-state index is 0.00916. The average molecular weight is 589 g/mol. The molecule has 0 aliphatic heterocycles. The molecule has 11 nitrogen and oxygen atoms in total. The topological polar surface area (TPSA) is 140 Å². The molecule has 12 heteroatoms. The molecule has 0 unspecified atom stereocenters. The predicted molar refractivity (Wildman–Crippen MR) is 158 cm³/mol. The number of nitro benzene ring substituents is 1. The van der Waals surface area contributed by atoms with E-state index in [4.69, 9.17) is 9.47 Å². The van der Waals surface area contributed by atoms with Crippen LogP contribution in [0, 0.1) is 17.0 Å². The fraction of sp³-hybridized carbons (Fsp3) is 0.133. The number of hydrazone groups is 1. The lowest BCUT2D eigenvalue weighted by Gasteiger charge is -2.25. The SMILES string of the molecule is COc1ccc(C)cc1N(CC(=O)N/N=C\c1ccc(OCc2ccc([N+](=O)[O-])cc2)cc1)S(=O)(=O)c1ccccc1. The number of amides is 1. The minimum Gasteiger partial charge on any atom is -0.495 e. The van der Waals surface area contributed by atoms with Gasteiger partial charge < -0.3 is 9.47 Å². The standard InChI is InChI=1S/C30H28N4O7S/c1-22-8-17-29(40-2)28(18-22)33(42(38,39)27-6-4-3-5-7-27)20-30(35)32-31-19-23-11-15-26(16-12-23)41-21-24-9-13-25(14-10-24)34(36)37/h3-19H,20-21H2,1-2H3,(H,32,35)/b31-19-. The number of aryl methyl sites for hydroxylation is 1. The van der Waals surface area contributed by atoms with Crippen LogP contribution in [0.1, 0.15) is 16.7 Å². The lowest BCUT2D eigenvalue weighted by atomic mass is 10.2. The minimum atomic E-state index is -4.12. The number of sulfonamides is 1. The number of anilines is 1. The van der Waals surface area contributed by atoms with E-state index in [-0.39, 0.29) is 22.9 Å². The Hall–Kier alpha value is -5.23. The first kappa shape index (κ1) is 29.7. The van der Waals surface area contributed by atoms with Crippen LogP contribution in [-0.4, -0.2) is 39.1 Å². The fourth-order valence-corrected chi connectivity index (χ4v) is 5.33. The number of rotatable bonds is 12. The zero-order valence-corrected chi connectivity index (χ0v) is 23.7. The van der Waals surface area contributed by atoms with Gasteiger partial charge in [0.1, 0.15) is 24.7 Å². The number of nitro groups is 1. The van der Waals surface area contributed by atoms with Crippen molar-refractivity contribution in [3.63, 3.8) is 0 Å². The molecular weight excluding hydrogens is 560 g/mol. The maximum atomic E-state index is 13.6. The van der Waals surface area contributed by atoms with Gasteiger partial charge in [-0.25, -0.2) is 13.8 Å². The summed E-state index contributed by atoms with van der Waals surface area (Å²) in [5.74, 6) is 0.216. The highest BCUT2D eigenvalue weighted by Crippen LogP contribution is 2.33. The fourth-order valence-electron chi connectivity index (χ4n) is 3.89. The quantitative estimate of drug-likeness (QED) is 0.142. The Balaban J connectivity index is 1.41. The number of nitrogens with zero attached hydrogens (tertiary/aromatic N) is 3. The molecule has 0 aliphatic rings. The van der Waals surface area contributed by atoms with Gasteiger partial charge >= 0.3 is 0 Å². The van der Waals surface area contributed by atoms with Crippen molar-refractivity contribution in [2.75, 3.05) is 18.0 Å². The van der Waals surface area contributed by atoms with Crippen LogP contribution in [0.3, 0.4) is 0 Å². The van der Waals surface area contributed by atoms with Crippen LogP contribution in [0.5, 0.6) is 11.5 Å². The summed E-state index contributed by atoms with van der Waals surface area (Å²) in [5, 5.41) is 14.8. The summed E-state index contributed by atoms with van der Waals surface area (Å²) >= 11 is 0. The Bertz CT molecular complexity index is 1680. The summed E-state index contributed by atoms with van der Waals surface area (Å²) in [6.07, 6.45) is 1.42. The van der Waals surface area contributed by atoms with Gasteiger partial charge in [0.05, 0.1) is 28.8 Å². The third kappa shape index (κ3) is 7.49. The first-order valence-corrected chi connectivity index (χ1v) is 14.1. The lowest BCUT2D eigenvalue weighted by Crippen LogP contribution is -2.39. The molecule has 4 aromatic rings. The van der Waals surface area contributed by atoms with Gasteiger partial charge in [-0.1, -0.05) is 24.3 Å². The Labute approximate surface area is 243 Å². The third-order valence-corrected chi connectivity index (χ3v) is 7.83. The first-order chi connectivity index (χ1) is 20.2. The highest BCUT2D eigenvalue weighted by atomic mass is 32.2. The maximum Gasteiger partial charge on any atom is 0.269 e. The second-order valence-electron chi connectivity index (χ2n) is 9.07. The van der Waals surface area contributed by atoms with Gasteiger partial charge in [-0.15, -0.1) is 0 Å². The number of ether oxygens (including phenoxy) is 2. The summed E-state index contributed by atoms with van der Waals surface area (Å²) in [4.78, 5) is 23.2. The normalized spacial score (nSPS) is 11.2. The second kappa shape index (κ2) is 13.4. The van der Waals surface area contributed by atoms with E-state index in [1.807, 2.05) is 6.92 Å². The van der Waals surface area contributed by atoms with E-state index < -0.39 is 27.4 Å². The van der Waals surface area contributed by atoms with Gasteiger partial charge in [-0.3, -0.25) is 19.2 Å². The van der Waals surface area contributed by atoms with Gasteiger partial charge in [0.15, 0.2) is 0 Å². The van der Waals surface area contributed by atoms with E-state index in [9.17, 15) is 23.3 Å². The van der Waals surface area contributed by atoms with Gasteiger partial charge in [-0.2, -0.15) is 5.10 Å². The second-order valence-corrected chi connectivity index (χ2v) is 10.9. The molecule has 0 aromatic heterocycles. The number of hydrogen-bond acceptors (Lipinski definition) is 8. The van der Waals surface area contributed by atoms with E-state index in [1.165, 1.54) is 37.6 Å². The number of carbonyl (C=O) groups excluding carboxylic acids is 1. The summed E-state index contributed by atoms with van der Waals surface area (Å²) in [5.41, 5.74) is 4.85. The van der Waals surface area contributed by atoms with Crippen molar-refractivity contribution in [2.45, 2.75) is 18.4 Å². The molecule has 0 bridgehead atoms. The summed E-state index contributed by atoms with van der Waals surface area (Å²) in [7, 11) is -2.69. The van der Waals surface area contributed by atoms with E-state index >= 15 is 0 Å². The predicted octanol–water partition coefficient (Wildman–Crippen LogP) is 4.84. The van der Waals surface area contributed by atoms with Crippen LogP contribution in [0.2, 0.25) is 0 Å². The van der Waals surface area contributed by atoms with E-state index in [0.29, 0.717) is 17.1 Å². The molecule has 4 aromatic carbocycles. The highest BCUT2D eigenvalue weighted by molar-refractivity contribution is 7.92. The molecule has 1 amide bonds. The highest BCUT2D eigenvalue weighted by Gasteiger charge is 2.29.